The number of amides is 3. The van der Waals surface area contributed by atoms with Gasteiger partial charge >= 0.3 is 6.09 Å². The van der Waals surface area contributed by atoms with Crippen molar-refractivity contribution in [2.75, 3.05) is 13.7 Å². The number of Topliss-reactive ketones (excluding diaryl/α,β-unsaturated/α-hetero) is 1. The number of ether oxygens (including phenoxy) is 2. The summed E-state index contributed by atoms with van der Waals surface area (Å²) in [6.45, 7) is 5.86. The van der Waals surface area contributed by atoms with Gasteiger partial charge in [-0.1, -0.05) is 63.2 Å². The smallest absolute Gasteiger partial charge is 0.408 e. The molecule has 1 unspecified atom stereocenters. The Bertz CT molecular complexity index is 1020. The lowest BCUT2D eigenvalue weighted by molar-refractivity contribution is -0.140. The van der Waals surface area contributed by atoms with Crippen LogP contribution in [0.2, 0.25) is 0 Å². The Kier molecular flexibility index (Phi) is 12.1. The first-order valence-electron chi connectivity index (χ1n) is 12.5. The molecule has 3 N–H and O–H groups in total. The summed E-state index contributed by atoms with van der Waals surface area (Å²) in [7, 11) is 1.59. The maximum absolute atomic E-state index is 13.0. The van der Waals surface area contributed by atoms with Crippen LogP contribution in [0.1, 0.15) is 44.7 Å². The van der Waals surface area contributed by atoms with Crippen molar-refractivity contribution in [3.63, 3.8) is 0 Å². The van der Waals surface area contributed by atoms with Crippen LogP contribution in [-0.4, -0.2) is 49.4 Å². The summed E-state index contributed by atoms with van der Waals surface area (Å²) in [6.07, 6.45) is 0.367. The molecule has 0 radical (unpaired) electrons. The Morgan fingerprint density at radius 1 is 0.865 bits per heavy atom. The molecule has 2 aromatic carbocycles. The Morgan fingerprint density at radius 2 is 1.54 bits per heavy atom. The van der Waals surface area contributed by atoms with Crippen molar-refractivity contribution in [1.82, 2.24) is 16.0 Å². The molecule has 0 heterocycles. The monoisotopic (exact) mass is 511 g/mol. The molecule has 2 rings (SSSR count). The topological polar surface area (TPSA) is 123 Å². The number of hydrogen-bond donors (Lipinski definition) is 3. The first-order valence-corrected chi connectivity index (χ1v) is 12.5. The average Bonchev–Trinajstić information content (AvgIpc) is 2.90. The second kappa shape index (κ2) is 15.3. The Labute approximate surface area is 218 Å². The van der Waals surface area contributed by atoms with Crippen LogP contribution in [0.15, 0.2) is 54.6 Å². The van der Waals surface area contributed by atoms with Gasteiger partial charge in [0.15, 0.2) is 0 Å². The van der Waals surface area contributed by atoms with Gasteiger partial charge in [0.2, 0.25) is 11.7 Å². The largest absolute Gasteiger partial charge is 0.497 e. The van der Waals surface area contributed by atoms with Crippen LogP contribution in [0.3, 0.4) is 0 Å². The zero-order valence-corrected chi connectivity index (χ0v) is 21.9. The van der Waals surface area contributed by atoms with Crippen molar-refractivity contribution < 1.29 is 28.7 Å². The average molecular weight is 512 g/mol. The minimum absolute atomic E-state index is 0.0649. The van der Waals surface area contributed by atoms with E-state index in [9.17, 15) is 19.2 Å². The van der Waals surface area contributed by atoms with Gasteiger partial charge in [-0.05, 0) is 48.4 Å². The van der Waals surface area contributed by atoms with E-state index >= 15 is 0 Å². The van der Waals surface area contributed by atoms with E-state index in [4.69, 9.17) is 9.47 Å². The summed E-state index contributed by atoms with van der Waals surface area (Å²) in [4.78, 5) is 50.4. The van der Waals surface area contributed by atoms with Crippen molar-refractivity contribution in [2.45, 2.75) is 58.7 Å². The number of alkyl carbamates (subject to hydrolysis) is 1. The van der Waals surface area contributed by atoms with Gasteiger partial charge in [0.1, 0.15) is 18.4 Å². The van der Waals surface area contributed by atoms with Crippen molar-refractivity contribution in [2.24, 2.45) is 5.92 Å². The maximum Gasteiger partial charge on any atom is 0.408 e. The number of ketones is 1. The molecule has 2 atom stereocenters. The zero-order valence-electron chi connectivity index (χ0n) is 21.9. The molecular formula is C28H37N3O6. The van der Waals surface area contributed by atoms with Gasteiger partial charge in [0.05, 0.1) is 13.2 Å². The fraction of sp³-hybridized carbons (Fsp3) is 0.429. The normalized spacial score (nSPS) is 12.2. The summed E-state index contributed by atoms with van der Waals surface area (Å²) in [6, 6.07) is 14.7. The number of methoxy groups -OCH3 is 1. The van der Waals surface area contributed by atoms with E-state index in [1.54, 1.807) is 14.0 Å². The highest BCUT2D eigenvalue weighted by Crippen LogP contribution is 2.11. The summed E-state index contributed by atoms with van der Waals surface area (Å²) in [5, 5.41) is 7.81. The third-order valence-corrected chi connectivity index (χ3v) is 5.65. The van der Waals surface area contributed by atoms with E-state index in [1.165, 1.54) is 0 Å². The fourth-order valence-corrected chi connectivity index (χ4v) is 3.59. The molecule has 3 amide bonds. The third kappa shape index (κ3) is 10.3. The molecule has 0 bridgehead atoms. The Morgan fingerprint density at radius 3 is 2.14 bits per heavy atom. The van der Waals surface area contributed by atoms with Gasteiger partial charge in [0, 0.05) is 6.54 Å². The van der Waals surface area contributed by atoms with Crippen molar-refractivity contribution in [3.8, 4) is 5.75 Å². The van der Waals surface area contributed by atoms with Gasteiger partial charge in [-0.3, -0.25) is 14.4 Å². The summed E-state index contributed by atoms with van der Waals surface area (Å²) in [5.41, 5.74) is 1.80. The highest BCUT2D eigenvalue weighted by atomic mass is 16.5. The molecule has 0 aliphatic carbocycles. The van der Waals surface area contributed by atoms with Crippen LogP contribution >= 0.6 is 0 Å². The predicted octanol–water partition coefficient (Wildman–Crippen LogP) is 3.16. The number of nitrogens with one attached hydrogen (secondary N) is 3. The van der Waals surface area contributed by atoms with E-state index in [0.717, 1.165) is 16.9 Å². The molecule has 0 aromatic heterocycles. The molecule has 0 saturated carbocycles. The second-order valence-electron chi connectivity index (χ2n) is 9.08. The first-order chi connectivity index (χ1) is 17.7. The van der Waals surface area contributed by atoms with E-state index in [1.807, 2.05) is 68.4 Å². The van der Waals surface area contributed by atoms with Gasteiger partial charge in [-0.25, -0.2) is 4.79 Å². The maximum atomic E-state index is 13.0. The van der Waals surface area contributed by atoms with E-state index in [-0.39, 0.29) is 25.5 Å². The minimum Gasteiger partial charge on any atom is -0.497 e. The molecule has 2 aromatic rings. The molecule has 9 nitrogen and oxygen atoms in total. The SMILES string of the molecule is CCC(NC(=O)[C@H](CC(C)C)NC(=O)OCc1ccccc1)C(=O)C(=O)NCCc1ccc(OC)cc1. The van der Waals surface area contributed by atoms with Crippen molar-refractivity contribution >= 4 is 23.7 Å². The van der Waals surface area contributed by atoms with Gasteiger partial charge in [-0.15, -0.1) is 0 Å². The van der Waals surface area contributed by atoms with E-state index in [2.05, 4.69) is 16.0 Å². The number of carbonyl (C=O) groups excluding carboxylic acids is 4. The van der Waals surface area contributed by atoms with Gasteiger partial charge in [0.25, 0.3) is 5.91 Å². The standard InChI is InChI=1S/C28H37N3O6/c1-5-23(25(32)27(34)29-16-15-20-11-13-22(36-4)14-12-20)30-26(33)24(17-19(2)3)31-28(35)37-18-21-9-7-6-8-10-21/h6-14,19,23-24H,5,15-18H2,1-4H3,(H,29,34)(H,30,33)(H,31,35)/t23?,24-/m0/s1. The first kappa shape index (κ1) is 29.4. The second-order valence-corrected chi connectivity index (χ2v) is 9.08. The van der Waals surface area contributed by atoms with Crippen LogP contribution in [0.4, 0.5) is 4.79 Å². The van der Waals surface area contributed by atoms with E-state index < -0.39 is 35.8 Å². The number of rotatable bonds is 14. The van der Waals surface area contributed by atoms with E-state index in [0.29, 0.717) is 12.8 Å². The minimum atomic E-state index is -1.01. The zero-order chi connectivity index (χ0) is 27.2. The van der Waals surface area contributed by atoms with Crippen LogP contribution in [-0.2, 0) is 32.1 Å². The number of carbonyl (C=O) groups is 4. The quantitative estimate of drug-likeness (QED) is 0.335. The summed E-state index contributed by atoms with van der Waals surface area (Å²) in [5.74, 6) is -1.23. The third-order valence-electron chi connectivity index (χ3n) is 5.65. The fourth-order valence-electron chi connectivity index (χ4n) is 3.59. The van der Waals surface area contributed by atoms with Crippen molar-refractivity contribution in [3.05, 3.63) is 65.7 Å². The number of benzene rings is 2. The molecule has 0 fully saturated rings. The van der Waals surface area contributed by atoms with Gasteiger partial charge in [-0.2, -0.15) is 0 Å². The van der Waals surface area contributed by atoms with Crippen LogP contribution in [0.25, 0.3) is 0 Å². The molecule has 200 valence electrons. The molecule has 0 aliphatic rings. The van der Waals surface area contributed by atoms with Crippen molar-refractivity contribution in [1.29, 1.82) is 0 Å². The van der Waals surface area contributed by atoms with Crippen LogP contribution in [0.5, 0.6) is 5.75 Å². The van der Waals surface area contributed by atoms with Gasteiger partial charge < -0.3 is 25.4 Å². The molecule has 0 saturated heterocycles. The molecule has 0 aliphatic heterocycles. The lowest BCUT2D eigenvalue weighted by atomic mass is 10.0. The predicted molar refractivity (Wildman–Crippen MR) is 140 cm³/mol. The Hall–Kier alpha value is -3.88. The molecular weight excluding hydrogens is 474 g/mol. The number of hydrogen-bond acceptors (Lipinski definition) is 6. The lowest BCUT2D eigenvalue weighted by Gasteiger charge is -2.23. The highest BCUT2D eigenvalue weighted by molar-refractivity contribution is 6.38. The summed E-state index contributed by atoms with van der Waals surface area (Å²) >= 11 is 0. The van der Waals surface area contributed by atoms with Crippen LogP contribution in [0, 0.1) is 5.92 Å². The Balaban J connectivity index is 1.88. The molecule has 0 spiro atoms. The van der Waals surface area contributed by atoms with Crippen LogP contribution < -0.4 is 20.7 Å². The highest BCUT2D eigenvalue weighted by Gasteiger charge is 2.29. The molecule has 9 heteroatoms. The molecule has 37 heavy (non-hydrogen) atoms. The lowest BCUT2D eigenvalue weighted by Crippen LogP contribution is -2.54. The summed E-state index contributed by atoms with van der Waals surface area (Å²) < 4.78 is 10.4.